The van der Waals surface area contributed by atoms with Crippen molar-refractivity contribution in [3.05, 3.63) is 42.2 Å². The molecule has 0 bridgehead atoms. The van der Waals surface area contributed by atoms with Crippen molar-refractivity contribution in [3.8, 4) is 10.4 Å². The summed E-state index contributed by atoms with van der Waals surface area (Å²) in [6.07, 6.45) is 1.81. The average Bonchev–Trinajstić information content (AvgIpc) is 2.75. The van der Waals surface area contributed by atoms with E-state index in [0.717, 1.165) is 27.0 Å². The monoisotopic (exact) mass is 241 g/mol. The highest BCUT2D eigenvalue weighted by molar-refractivity contribution is 7.18. The Morgan fingerprint density at radius 1 is 1.18 bits per heavy atom. The molecule has 2 N–H and O–H groups in total. The van der Waals surface area contributed by atoms with Gasteiger partial charge in [0.25, 0.3) is 0 Å². The summed E-state index contributed by atoms with van der Waals surface area (Å²) in [4.78, 5) is 9.63. The topological polar surface area (TPSA) is 51.8 Å². The smallest absolute Gasteiger partial charge is 0.180 e. The van der Waals surface area contributed by atoms with Crippen LogP contribution < -0.4 is 5.73 Å². The summed E-state index contributed by atoms with van der Waals surface area (Å²) in [5, 5.41) is 1.74. The maximum Gasteiger partial charge on any atom is 0.180 e. The Kier molecular flexibility index (Phi) is 2.30. The lowest BCUT2D eigenvalue weighted by molar-refractivity contribution is 1.26. The van der Waals surface area contributed by atoms with Gasteiger partial charge in [-0.05, 0) is 30.7 Å². The predicted octanol–water partition coefficient (Wildman–Crippen LogP) is 3.25. The van der Waals surface area contributed by atoms with Crippen LogP contribution in [0.3, 0.4) is 0 Å². The Labute approximate surface area is 103 Å². The Morgan fingerprint density at radius 2 is 2.06 bits per heavy atom. The van der Waals surface area contributed by atoms with Gasteiger partial charge in [0.1, 0.15) is 0 Å². The number of aryl methyl sites for hydroxylation is 1. The van der Waals surface area contributed by atoms with Gasteiger partial charge in [0.2, 0.25) is 0 Å². The van der Waals surface area contributed by atoms with Gasteiger partial charge in [-0.25, -0.2) is 4.98 Å². The Bertz CT molecular complexity index is 688. The molecule has 0 saturated heterocycles. The van der Waals surface area contributed by atoms with E-state index < -0.39 is 0 Å². The molecule has 0 saturated carbocycles. The SMILES string of the molecule is Cc1ccc2cc(-c3cnc(N)s3)ccc2n1. The van der Waals surface area contributed by atoms with Crippen LogP contribution >= 0.6 is 11.3 Å². The summed E-state index contributed by atoms with van der Waals surface area (Å²) in [5.74, 6) is 0. The predicted molar refractivity (Wildman–Crippen MR) is 72.0 cm³/mol. The van der Waals surface area contributed by atoms with Crippen LogP contribution in [-0.2, 0) is 0 Å². The largest absolute Gasteiger partial charge is 0.375 e. The van der Waals surface area contributed by atoms with E-state index in [4.69, 9.17) is 5.73 Å². The number of nitrogen functional groups attached to an aromatic ring is 1. The maximum absolute atomic E-state index is 5.64. The van der Waals surface area contributed by atoms with Gasteiger partial charge in [-0.3, -0.25) is 4.98 Å². The van der Waals surface area contributed by atoms with Gasteiger partial charge in [-0.2, -0.15) is 0 Å². The van der Waals surface area contributed by atoms with E-state index >= 15 is 0 Å². The lowest BCUT2D eigenvalue weighted by Crippen LogP contribution is -1.83. The van der Waals surface area contributed by atoms with Crippen molar-refractivity contribution >= 4 is 27.4 Å². The second-order valence-electron chi connectivity index (χ2n) is 3.92. The second-order valence-corrected chi connectivity index (χ2v) is 4.99. The van der Waals surface area contributed by atoms with E-state index in [0.29, 0.717) is 5.13 Å². The number of benzene rings is 1. The third kappa shape index (κ3) is 1.87. The fraction of sp³-hybridized carbons (Fsp3) is 0.0769. The molecule has 2 aromatic heterocycles. The molecule has 0 aliphatic carbocycles. The molecule has 3 nitrogen and oxygen atoms in total. The summed E-state index contributed by atoms with van der Waals surface area (Å²) in [6.45, 7) is 2.00. The van der Waals surface area contributed by atoms with E-state index in [9.17, 15) is 0 Å². The summed E-state index contributed by atoms with van der Waals surface area (Å²) in [6, 6.07) is 10.3. The molecule has 0 spiro atoms. The summed E-state index contributed by atoms with van der Waals surface area (Å²) < 4.78 is 0. The first-order valence-corrected chi connectivity index (χ1v) is 6.13. The van der Waals surface area contributed by atoms with Gasteiger partial charge in [-0.15, -0.1) is 0 Å². The van der Waals surface area contributed by atoms with Crippen LogP contribution in [0.4, 0.5) is 5.13 Å². The van der Waals surface area contributed by atoms with Crippen LogP contribution in [0.2, 0.25) is 0 Å². The molecular formula is C13H11N3S. The van der Waals surface area contributed by atoms with E-state index in [2.05, 4.69) is 28.2 Å². The van der Waals surface area contributed by atoms with Gasteiger partial charge >= 0.3 is 0 Å². The summed E-state index contributed by atoms with van der Waals surface area (Å²) in [5.41, 5.74) is 8.83. The van der Waals surface area contributed by atoms with Crippen molar-refractivity contribution < 1.29 is 0 Å². The molecule has 3 rings (SSSR count). The number of thiazole rings is 1. The Hall–Kier alpha value is -1.94. The molecule has 0 aliphatic rings. The first-order valence-electron chi connectivity index (χ1n) is 5.31. The fourth-order valence-corrected chi connectivity index (χ4v) is 2.48. The minimum atomic E-state index is 0.599. The number of hydrogen-bond acceptors (Lipinski definition) is 4. The van der Waals surface area contributed by atoms with Gasteiger partial charge in [0, 0.05) is 17.3 Å². The van der Waals surface area contributed by atoms with Gasteiger partial charge < -0.3 is 5.73 Å². The number of hydrogen-bond donors (Lipinski definition) is 1. The van der Waals surface area contributed by atoms with Crippen LogP contribution in [0.15, 0.2) is 36.5 Å². The maximum atomic E-state index is 5.64. The molecule has 2 heterocycles. The molecule has 0 radical (unpaired) electrons. The molecule has 84 valence electrons. The molecule has 1 aromatic carbocycles. The number of fused-ring (bicyclic) bond motifs is 1. The Balaban J connectivity index is 2.16. The first-order chi connectivity index (χ1) is 8.22. The van der Waals surface area contributed by atoms with Crippen LogP contribution in [0.1, 0.15) is 5.69 Å². The van der Waals surface area contributed by atoms with E-state index in [-0.39, 0.29) is 0 Å². The first kappa shape index (κ1) is 10.2. The molecule has 0 atom stereocenters. The van der Waals surface area contributed by atoms with E-state index in [1.807, 2.05) is 25.3 Å². The zero-order chi connectivity index (χ0) is 11.8. The third-order valence-corrected chi connectivity index (χ3v) is 3.51. The number of nitrogens with zero attached hydrogens (tertiary/aromatic N) is 2. The second kappa shape index (κ2) is 3.82. The molecular weight excluding hydrogens is 230 g/mol. The van der Waals surface area contributed by atoms with Crippen molar-refractivity contribution in [1.82, 2.24) is 9.97 Å². The lowest BCUT2D eigenvalue weighted by Gasteiger charge is -2.01. The van der Waals surface area contributed by atoms with Gasteiger partial charge in [-0.1, -0.05) is 23.5 Å². The zero-order valence-electron chi connectivity index (χ0n) is 9.34. The lowest BCUT2D eigenvalue weighted by atomic mass is 10.1. The highest BCUT2D eigenvalue weighted by Gasteiger charge is 2.04. The van der Waals surface area contributed by atoms with E-state index in [1.54, 1.807) is 0 Å². The highest BCUT2D eigenvalue weighted by atomic mass is 32.1. The molecule has 17 heavy (non-hydrogen) atoms. The van der Waals surface area contributed by atoms with Crippen molar-refractivity contribution in [3.63, 3.8) is 0 Å². The molecule has 0 fully saturated rings. The van der Waals surface area contributed by atoms with Crippen molar-refractivity contribution in [2.75, 3.05) is 5.73 Å². The van der Waals surface area contributed by atoms with Crippen LogP contribution in [-0.4, -0.2) is 9.97 Å². The molecule has 0 aliphatic heterocycles. The highest BCUT2D eigenvalue weighted by Crippen LogP contribution is 2.29. The van der Waals surface area contributed by atoms with Crippen LogP contribution in [0, 0.1) is 6.92 Å². The number of rotatable bonds is 1. The van der Waals surface area contributed by atoms with Crippen LogP contribution in [0.5, 0.6) is 0 Å². The summed E-state index contributed by atoms with van der Waals surface area (Å²) in [7, 11) is 0. The Morgan fingerprint density at radius 3 is 2.82 bits per heavy atom. The molecule has 3 aromatic rings. The van der Waals surface area contributed by atoms with Crippen LogP contribution in [0.25, 0.3) is 21.3 Å². The molecule has 4 heteroatoms. The summed E-state index contributed by atoms with van der Waals surface area (Å²) >= 11 is 1.50. The van der Waals surface area contributed by atoms with Crippen molar-refractivity contribution in [2.24, 2.45) is 0 Å². The standard InChI is InChI=1S/C13H11N3S/c1-8-2-3-9-6-10(4-5-11(9)16-8)12-7-15-13(14)17-12/h2-7H,1H3,(H2,14,15). The average molecular weight is 241 g/mol. The quantitative estimate of drug-likeness (QED) is 0.711. The number of aromatic nitrogens is 2. The minimum absolute atomic E-state index is 0.599. The van der Waals surface area contributed by atoms with Gasteiger partial charge in [0.05, 0.1) is 10.4 Å². The fourth-order valence-electron chi connectivity index (χ4n) is 1.80. The normalized spacial score (nSPS) is 10.9. The van der Waals surface area contributed by atoms with E-state index in [1.165, 1.54) is 11.3 Å². The molecule has 0 unspecified atom stereocenters. The molecule has 0 amide bonds. The van der Waals surface area contributed by atoms with Gasteiger partial charge in [0.15, 0.2) is 5.13 Å². The number of pyridine rings is 1. The minimum Gasteiger partial charge on any atom is -0.375 e. The van der Waals surface area contributed by atoms with Crippen molar-refractivity contribution in [1.29, 1.82) is 0 Å². The zero-order valence-corrected chi connectivity index (χ0v) is 10.2. The van der Waals surface area contributed by atoms with Crippen molar-refractivity contribution in [2.45, 2.75) is 6.92 Å². The third-order valence-electron chi connectivity index (χ3n) is 2.64. The number of nitrogens with two attached hydrogens (primary N) is 1. The number of anilines is 1.